The number of halogens is 1. The van der Waals surface area contributed by atoms with Crippen molar-refractivity contribution in [3.8, 4) is 0 Å². The summed E-state index contributed by atoms with van der Waals surface area (Å²) >= 11 is 3.19. The maximum Gasteiger partial charge on any atom is 0.244 e. The lowest BCUT2D eigenvalue weighted by Gasteiger charge is -2.10. The van der Waals surface area contributed by atoms with Gasteiger partial charge in [-0.3, -0.25) is 4.98 Å². The molecular weight excluding hydrogens is 358 g/mol. The lowest BCUT2D eigenvalue weighted by molar-refractivity contribution is 0.581. The quantitative estimate of drug-likeness (QED) is 0.539. The van der Waals surface area contributed by atoms with Gasteiger partial charge in [0, 0.05) is 29.1 Å². The second-order valence-corrected chi connectivity index (χ2v) is 6.93. The van der Waals surface area contributed by atoms with E-state index in [1.807, 2.05) is 19.1 Å². The first-order chi connectivity index (χ1) is 9.92. The van der Waals surface area contributed by atoms with Gasteiger partial charge in [0.25, 0.3) is 0 Å². The van der Waals surface area contributed by atoms with Gasteiger partial charge in [-0.2, -0.15) is 0 Å². The molecule has 2 rings (SSSR count). The third-order valence-electron chi connectivity index (χ3n) is 2.68. The molecular formula is C12H14BrN5O2S. The van der Waals surface area contributed by atoms with Gasteiger partial charge in [-0.25, -0.2) is 24.0 Å². The van der Waals surface area contributed by atoms with Crippen molar-refractivity contribution in [1.29, 1.82) is 0 Å². The lowest BCUT2D eigenvalue weighted by Crippen LogP contribution is -2.25. The average molecular weight is 372 g/mol. The van der Waals surface area contributed by atoms with Gasteiger partial charge in [0.15, 0.2) is 5.82 Å². The van der Waals surface area contributed by atoms with Gasteiger partial charge in [-0.15, -0.1) is 0 Å². The molecule has 2 aromatic heterocycles. The highest BCUT2D eigenvalue weighted by Crippen LogP contribution is 2.22. The van der Waals surface area contributed by atoms with Gasteiger partial charge in [-0.1, -0.05) is 6.07 Å². The van der Waals surface area contributed by atoms with E-state index < -0.39 is 10.0 Å². The van der Waals surface area contributed by atoms with Crippen molar-refractivity contribution >= 4 is 31.8 Å². The maximum atomic E-state index is 12.3. The molecule has 0 saturated carbocycles. The number of nitrogen functional groups attached to an aromatic ring is 1. The van der Waals surface area contributed by atoms with Crippen LogP contribution in [0.1, 0.15) is 11.3 Å². The van der Waals surface area contributed by atoms with Crippen molar-refractivity contribution in [1.82, 2.24) is 14.7 Å². The second-order valence-electron chi connectivity index (χ2n) is 4.28. The molecule has 7 nitrogen and oxygen atoms in total. The number of hydrogen-bond donors (Lipinski definition) is 3. The fourth-order valence-corrected chi connectivity index (χ4v) is 3.24. The van der Waals surface area contributed by atoms with E-state index in [4.69, 9.17) is 5.84 Å². The fraction of sp³-hybridized carbons (Fsp3) is 0.167. The van der Waals surface area contributed by atoms with Crippen LogP contribution in [0.3, 0.4) is 0 Å². The first-order valence-electron chi connectivity index (χ1n) is 5.96. The van der Waals surface area contributed by atoms with Crippen LogP contribution >= 0.6 is 15.9 Å². The minimum absolute atomic E-state index is 0.0283. The Labute approximate surface area is 131 Å². The van der Waals surface area contributed by atoms with Gasteiger partial charge >= 0.3 is 0 Å². The van der Waals surface area contributed by atoms with E-state index in [0.29, 0.717) is 4.47 Å². The van der Waals surface area contributed by atoms with Crippen molar-refractivity contribution in [2.75, 3.05) is 5.43 Å². The minimum Gasteiger partial charge on any atom is -0.307 e. The van der Waals surface area contributed by atoms with E-state index in [1.54, 1.807) is 6.20 Å². The molecule has 0 aliphatic rings. The summed E-state index contributed by atoms with van der Waals surface area (Å²) in [5.74, 6) is 5.37. The SMILES string of the molecule is Cc1ccc(CNS(=O)(=O)c2cc(Br)cnc2NN)cn1. The van der Waals surface area contributed by atoms with Crippen LogP contribution < -0.4 is 16.0 Å². The molecule has 0 radical (unpaired) electrons. The number of anilines is 1. The van der Waals surface area contributed by atoms with Crippen molar-refractivity contribution in [2.45, 2.75) is 18.4 Å². The number of rotatable bonds is 5. The average Bonchev–Trinajstić information content (AvgIpc) is 2.47. The smallest absolute Gasteiger partial charge is 0.244 e. The molecule has 0 unspecified atom stereocenters. The van der Waals surface area contributed by atoms with Crippen molar-refractivity contribution in [3.05, 3.63) is 46.3 Å². The molecule has 4 N–H and O–H groups in total. The van der Waals surface area contributed by atoms with Crippen LogP contribution in [-0.4, -0.2) is 18.4 Å². The molecule has 9 heteroatoms. The molecule has 0 atom stereocenters. The topological polar surface area (TPSA) is 110 Å². The first-order valence-corrected chi connectivity index (χ1v) is 8.23. The van der Waals surface area contributed by atoms with Crippen LogP contribution in [0.4, 0.5) is 5.82 Å². The predicted molar refractivity (Wildman–Crippen MR) is 82.7 cm³/mol. The summed E-state index contributed by atoms with van der Waals surface area (Å²) in [5, 5.41) is 0. The Balaban J connectivity index is 2.22. The van der Waals surface area contributed by atoms with Crippen LogP contribution in [0.25, 0.3) is 0 Å². The summed E-state index contributed by atoms with van der Waals surface area (Å²) < 4.78 is 27.7. The van der Waals surface area contributed by atoms with Gasteiger partial charge < -0.3 is 5.43 Å². The highest BCUT2D eigenvalue weighted by Gasteiger charge is 2.19. The molecule has 2 aromatic rings. The molecule has 112 valence electrons. The minimum atomic E-state index is -3.75. The number of pyridine rings is 2. The van der Waals surface area contributed by atoms with E-state index >= 15 is 0 Å². The highest BCUT2D eigenvalue weighted by molar-refractivity contribution is 9.10. The second kappa shape index (κ2) is 6.48. The molecule has 0 aliphatic carbocycles. The van der Waals surface area contributed by atoms with E-state index in [9.17, 15) is 8.42 Å². The Morgan fingerprint density at radius 2 is 2.05 bits per heavy atom. The standard InChI is InChI=1S/C12H14BrN5O2S/c1-8-2-3-9(5-15-8)6-17-21(19,20)11-4-10(13)7-16-12(11)18-14/h2-5,7,17H,6,14H2,1H3,(H,16,18). The number of hydrogen-bond acceptors (Lipinski definition) is 6. The fourth-order valence-electron chi connectivity index (χ4n) is 1.59. The zero-order valence-corrected chi connectivity index (χ0v) is 13.6. The number of aromatic nitrogens is 2. The summed E-state index contributed by atoms with van der Waals surface area (Å²) in [5.41, 5.74) is 3.90. The number of nitrogens with zero attached hydrogens (tertiary/aromatic N) is 2. The molecule has 0 aromatic carbocycles. The van der Waals surface area contributed by atoms with Crippen LogP contribution in [-0.2, 0) is 16.6 Å². The summed E-state index contributed by atoms with van der Waals surface area (Å²) in [7, 11) is -3.75. The van der Waals surface area contributed by atoms with E-state index in [2.05, 4.69) is 36.0 Å². The van der Waals surface area contributed by atoms with Gasteiger partial charge in [0.05, 0.1) is 0 Å². The van der Waals surface area contributed by atoms with Crippen molar-refractivity contribution in [3.63, 3.8) is 0 Å². The molecule has 0 bridgehead atoms. The van der Waals surface area contributed by atoms with Gasteiger partial charge in [-0.05, 0) is 40.5 Å². The Hall–Kier alpha value is -1.55. The van der Waals surface area contributed by atoms with Crippen molar-refractivity contribution < 1.29 is 8.42 Å². The Kier molecular flexibility index (Phi) is 4.88. The van der Waals surface area contributed by atoms with Crippen LogP contribution in [0.5, 0.6) is 0 Å². The Bertz CT molecular complexity index is 734. The molecule has 0 spiro atoms. The summed E-state index contributed by atoms with van der Waals surface area (Å²) in [6.45, 7) is 1.99. The highest BCUT2D eigenvalue weighted by atomic mass is 79.9. The van der Waals surface area contributed by atoms with E-state index in [-0.39, 0.29) is 17.3 Å². The van der Waals surface area contributed by atoms with Crippen LogP contribution in [0, 0.1) is 6.92 Å². The third-order valence-corrected chi connectivity index (χ3v) is 4.53. The lowest BCUT2D eigenvalue weighted by atomic mass is 10.2. The summed E-state index contributed by atoms with van der Waals surface area (Å²) in [4.78, 5) is 8.00. The largest absolute Gasteiger partial charge is 0.307 e. The van der Waals surface area contributed by atoms with Crippen molar-refractivity contribution in [2.24, 2.45) is 5.84 Å². The summed E-state index contributed by atoms with van der Waals surface area (Å²) in [6, 6.07) is 5.06. The van der Waals surface area contributed by atoms with Crippen LogP contribution in [0.15, 0.2) is 40.0 Å². The molecule has 0 fully saturated rings. The zero-order valence-electron chi connectivity index (χ0n) is 11.2. The van der Waals surface area contributed by atoms with Gasteiger partial charge in [0.2, 0.25) is 10.0 Å². The molecule has 0 saturated heterocycles. The predicted octanol–water partition coefficient (Wildman–Crippen LogP) is 1.31. The number of hydrazine groups is 1. The Morgan fingerprint density at radius 3 is 2.67 bits per heavy atom. The number of nitrogens with two attached hydrogens (primary N) is 1. The van der Waals surface area contributed by atoms with Gasteiger partial charge in [0.1, 0.15) is 4.90 Å². The first kappa shape index (κ1) is 15.8. The zero-order chi connectivity index (χ0) is 15.5. The number of nitrogens with one attached hydrogen (secondary N) is 2. The molecule has 21 heavy (non-hydrogen) atoms. The number of aryl methyl sites for hydroxylation is 1. The molecule has 2 heterocycles. The molecule has 0 aliphatic heterocycles. The van der Waals surface area contributed by atoms with E-state index in [1.165, 1.54) is 12.3 Å². The normalized spacial score (nSPS) is 11.4. The number of sulfonamides is 1. The maximum absolute atomic E-state index is 12.3. The van der Waals surface area contributed by atoms with Crippen LogP contribution in [0.2, 0.25) is 0 Å². The summed E-state index contributed by atoms with van der Waals surface area (Å²) in [6.07, 6.45) is 3.08. The monoisotopic (exact) mass is 371 g/mol. The van der Waals surface area contributed by atoms with E-state index in [0.717, 1.165) is 11.3 Å². The molecule has 0 amide bonds. The third kappa shape index (κ3) is 3.97. The Morgan fingerprint density at radius 1 is 1.29 bits per heavy atom.